The zero-order chi connectivity index (χ0) is 18.8. The Morgan fingerprint density at radius 3 is 2.37 bits per heavy atom. The first-order valence-electron chi connectivity index (χ1n) is 10.7. The number of nitrogens with zero attached hydrogens (tertiary/aromatic N) is 3. The van der Waals surface area contributed by atoms with Gasteiger partial charge in [-0.1, -0.05) is 37.2 Å². The van der Waals surface area contributed by atoms with E-state index in [4.69, 9.17) is 5.21 Å². The molecule has 1 N–H and O–H groups in total. The predicted molar refractivity (Wildman–Crippen MR) is 112 cm³/mol. The molecule has 0 unspecified atom stereocenters. The van der Waals surface area contributed by atoms with Crippen LogP contribution in [0.15, 0.2) is 35.6 Å². The molecule has 2 fully saturated rings. The van der Waals surface area contributed by atoms with Crippen molar-refractivity contribution >= 4 is 17.1 Å². The van der Waals surface area contributed by atoms with Gasteiger partial charge in [-0.2, -0.15) is 0 Å². The number of rotatable bonds is 4. The summed E-state index contributed by atoms with van der Waals surface area (Å²) in [5.41, 5.74) is 2.26. The number of benzene rings is 1. The van der Waals surface area contributed by atoms with Gasteiger partial charge >= 0.3 is 0 Å². The summed E-state index contributed by atoms with van der Waals surface area (Å²) in [6, 6.07) is 9.80. The van der Waals surface area contributed by atoms with E-state index < -0.39 is 0 Å². The molecule has 1 aromatic carbocycles. The Morgan fingerprint density at radius 1 is 1.00 bits per heavy atom. The van der Waals surface area contributed by atoms with Crippen LogP contribution in [-0.4, -0.2) is 40.0 Å². The predicted octanol–water partition coefficient (Wildman–Crippen LogP) is 5.30. The maximum absolute atomic E-state index is 8.98. The molecule has 2 aliphatic rings. The van der Waals surface area contributed by atoms with E-state index in [9.17, 15) is 0 Å². The third-order valence-corrected chi connectivity index (χ3v) is 7.06. The zero-order valence-electron chi connectivity index (χ0n) is 16.7. The first kappa shape index (κ1) is 18.5. The summed E-state index contributed by atoms with van der Waals surface area (Å²) in [5.74, 6) is 1.78. The lowest BCUT2D eigenvalue weighted by atomic mass is 9.79. The van der Waals surface area contributed by atoms with E-state index in [0.717, 1.165) is 23.4 Å². The van der Waals surface area contributed by atoms with Gasteiger partial charge in [0.05, 0.1) is 6.21 Å². The van der Waals surface area contributed by atoms with E-state index in [1.807, 2.05) is 0 Å². The molecule has 1 saturated heterocycles. The quantitative estimate of drug-likeness (QED) is 0.452. The summed E-state index contributed by atoms with van der Waals surface area (Å²) < 4.78 is 2.42. The summed E-state index contributed by atoms with van der Waals surface area (Å²) in [7, 11) is 0. The second-order valence-corrected chi connectivity index (χ2v) is 8.83. The molecule has 4 nitrogen and oxygen atoms in total. The number of aromatic nitrogens is 1. The van der Waals surface area contributed by atoms with E-state index in [1.165, 1.54) is 62.5 Å². The molecule has 4 heteroatoms. The largest absolute Gasteiger partial charge is 0.411 e. The van der Waals surface area contributed by atoms with Crippen molar-refractivity contribution in [2.24, 2.45) is 17.0 Å². The van der Waals surface area contributed by atoms with Crippen molar-refractivity contribution in [1.82, 2.24) is 9.47 Å². The Labute approximate surface area is 162 Å². The Balaban J connectivity index is 1.42. The van der Waals surface area contributed by atoms with Gasteiger partial charge in [0.15, 0.2) is 0 Å². The van der Waals surface area contributed by atoms with Gasteiger partial charge in [0.1, 0.15) is 0 Å². The number of piperidine rings is 1. The van der Waals surface area contributed by atoms with Crippen LogP contribution in [0.25, 0.3) is 10.9 Å². The number of fused-ring (bicyclic) bond motifs is 1. The lowest BCUT2D eigenvalue weighted by molar-refractivity contribution is 0.0894. The Kier molecular flexibility index (Phi) is 5.53. The van der Waals surface area contributed by atoms with Crippen LogP contribution in [0.5, 0.6) is 0 Å². The van der Waals surface area contributed by atoms with Gasteiger partial charge in [-0.25, -0.2) is 0 Å². The zero-order valence-corrected chi connectivity index (χ0v) is 16.7. The molecule has 0 bridgehead atoms. The van der Waals surface area contributed by atoms with Gasteiger partial charge < -0.3 is 14.7 Å². The molecule has 1 saturated carbocycles. The normalized spacial score (nSPS) is 25.7. The molecular weight excluding hydrogens is 334 g/mol. The fourth-order valence-corrected chi connectivity index (χ4v) is 5.36. The molecule has 146 valence electrons. The van der Waals surface area contributed by atoms with Crippen molar-refractivity contribution < 1.29 is 5.21 Å². The summed E-state index contributed by atoms with van der Waals surface area (Å²) in [4.78, 5) is 2.76. The van der Waals surface area contributed by atoms with Crippen LogP contribution in [-0.2, 0) is 0 Å². The van der Waals surface area contributed by atoms with E-state index in [2.05, 4.69) is 58.9 Å². The molecule has 1 aliphatic heterocycles. The molecule has 0 amide bonds. The number of hydrogen-bond donors (Lipinski definition) is 1. The lowest BCUT2D eigenvalue weighted by Gasteiger charge is -2.42. The maximum atomic E-state index is 8.98. The van der Waals surface area contributed by atoms with Crippen molar-refractivity contribution in [2.75, 3.05) is 13.1 Å². The van der Waals surface area contributed by atoms with Crippen LogP contribution in [0.4, 0.5) is 0 Å². The molecule has 4 rings (SSSR count). The average Bonchev–Trinajstić information content (AvgIpc) is 3.07. The van der Waals surface area contributed by atoms with E-state index in [1.54, 1.807) is 6.21 Å². The molecule has 0 radical (unpaired) electrons. The van der Waals surface area contributed by atoms with Gasteiger partial charge in [-0.05, 0) is 56.4 Å². The van der Waals surface area contributed by atoms with Crippen LogP contribution >= 0.6 is 0 Å². The second kappa shape index (κ2) is 8.05. The fourth-order valence-electron chi connectivity index (χ4n) is 5.36. The van der Waals surface area contributed by atoms with Crippen molar-refractivity contribution in [3.8, 4) is 0 Å². The highest BCUT2D eigenvalue weighted by Gasteiger charge is 2.30. The second-order valence-electron chi connectivity index (χ2n) is 8.83. The highest BCUT2D eigenvalue weighted by Crippen LogP contribution is 2.35. The van der Waals surface area contributed by atoms with Crippen LogP contribution < -0.4 is 0 Å². The first-order chi connectivity index (χ1) is 13.2. The van der Waals surface area contributed by atoms with Crippen LogP contribution in [0.3, 0.4) is 0 Å². The van der Waals surface area contributed by atoms with Gasteiger partial charge in [0.2, 0.25) is 0 Å². The third kappa shape index (κ3) is 3.77. The average molecular weight is 368 g/mol. The van der Waals surface area contributed by atoms with Crippen LogP contribution in [0.2, 0.25) is 0 Å². The first-order valence-corrected chi connectivity index (χ1v) is 10.7. The summed E-state index contributed by atoms with van der Waals surface area (Å²) >= 11 is 0. The topological polar surface area (TPSA) is 40.8 Å². The standard InChI is InChI=1S/C23H33N3O/c1-17(2)18-7-9-20(10-8-18)25-13-11-21(12-14-25)26-16-19(15-24-27)22-5-3-4-6-23(22)26/h3-6,15-18,20-21,27H,7-14H2,1-2H3. The molecule has 0 spiro atoms. The van der Waals surface area contributed by atoms with E-state index in [0.29, 0.717) is 6.04 Å². The maximum Gasteiger partial charge on any atom is 0.0755 e. The van der Waals surface area contributed by atoms with Gasteiger partial charge in [-0.3, -0.25) is 0 Å². The van der Waals surface area contributed by atoms with Crippen molar-refractivity contribution in [3.63, 3.8) is 0 Å². The fraction of sp³-hybridized carbons (Fsp3) is 0.609. The van der Waals surface area contributed by atoms with Crippen molar-refractivity contribution in [3.05, 3.63) is 36.0 Å². The van der Waals surface area contributed by atoms with Crippen LogP contribution in [0, 0.1) is 11.8 Å². The smallest absolute Gasteiger partial charge is 0.0755 e. The van der Waals surface area contributed by atoms with Crippen molar-refractivity contribution in [2.45, 2.75) is 64.5 Å². The number of hydrogen-bond acceptors (Lipinski definition) is 3. The molecular formula is C23H33N3O. The third-order valence-electron chi connectivity index (χ3n) is 7.06. The molecule has 27 heavy (non-hydrogen) atoms. The minimum Gasteiger partial charge on any atom is -0.411 e. The van der Waals surface area contributed by atoms with Crippen LogP contribution in [0.1, 0.15) is 64.0 Å². The van der Waals surface area contributed by atoms with Crippen molar-refractivity contribution in [1.29, 1.82) is 0 Å². The molecule has 1 aliphatic carbocycles. The minimum absolute atomic E-state index is 0.541. The lowest BCUT2D eigenvalue weighted by Crippen LogP contribution is -2.43. The SMILES string of the molecule is CC(C)C1CCC(N2CCC(n3cc(C=NO)c4ccccc43)CC2)CC1. The van der Waals surface area contributed by atoms with Gasteiger partial charge in [-0.15, -0.1) is 0 Å². The summed E-state index contributed by atoms with van der Waals surface area (Å²) in [5, 5.41) is 13.4. The molecule has 0 atom stereocenters. The Bertz CT molecular complexity index is 778. The number of para-hydroxylation sites is 1. The Hall–Kier alpha value is -1.81. The molecule has 2 heterocycles. The minimum atomic E-state index is 0.541. The highest BCUT2D eigenvalue weighted by molar-refractivity contribution is 5.99. The number of likely N-dealkylation sites (tertiary alicyclic amines) is 1. The van der Waals surface area contributed by atoms with Gasteiger partial charge in [0, 0.05) is 47.8 Å². The van der Waals surface area contributed by atoms with Gasteiger partial charge in [0.25, 0.3) is 0 Å². The Morgan fingerprint density at radius 2 is 1.70 bits per heavy atom. The van der Waals surface area contributed by atoms with E-state index >= 15 is 0 Å². The number of oxime groups is 1. The highest BCUT2D eigenvalue weighted by atomic mass is 16.4. The summed E-state index contributed by atoms with van der Waals surface area (Å²) in [6.45, 7) is 7.18. The molecule has 1 aromatic heterocycles. The van der Waals surface area contributed by atoms with E-state index in [-0.39, 0.29) is 0 Å². The molecule has 2 aromatic rings. The summed E-state index contributed by atoms with van der Waals surface area (Å²) in [6.07, 6.45) is 11.7. The monoisotopic (exact) mass is 367 g/mol.